The summed E-state index contributed by atoms with van der Waals surface area (Å²) in [5.74, 6) is -1.09. The van der Waals surface area contributed by atoms with E-state index in [4.69, 9.17) is 4.74 Å². The molecule has 0 aliphatic heterocycles. The quantitative estimate of drug-likeness (QED) is 0.698. The third-order valence-corrected chi connectivity index (χ3v) is 3.81. The van der Waals surface area contributed by atoms with Gasteiger partial charge in [-0.25, -0.2) is 13.6 Å². The molecule has 2 rings (SSSR count). The van der Waals surface area contributed by atoms with Gasteiger partial charge in [-0.05, 0) is 24.6 Å². The van der Waals surface area contributed by atoms with Crippen molar-refractivity contribution in [3.05, 3.63) is 65.2 Å². The molecule has 0 saturated heterocycles. The first kappa shape index (κ1) is 21.0. The number of ether oxygens (including phenoxy) is 1. The number of hydrogen-bond acceptors (Lipinski definition) is 4. The average Bonchev–Trinajstić information content (AvgIpc) is 2.66. The number of hydrogen-bond donors (Lipinski definition) is 2. The van der Waals surface area contributed by atoms with Crippen molar-refractivity contribution in [3.8, 4) is 0 Å². The number of carbonyl (C=O) groups is 3. The van der Waals surface area contributed by atoms with Crippen molar-refractivity contribution in [2.75, 3.05) is 5.32 Å². The van der Waals surface area contributed by atoms with Crippen molar-refractivity contribution in [3.63, 3.8) is 0 Å². The number of alkyl carbamates (subject to hydrolysis) is 1. The van der Waals surface area contributed by atoms with Gasteiger partial charge in [-0.15, -0.1) is 0 Å². The molecule has 0 heterocycles. The third kappa shape index (κ3) is 5.87. The maximum atomic E-state index is 13.0. The molecular formula is C20H20F2N2O4. The molecule has 2 aromatic rings. The third-order valence-electron chi connectivity index (χ3n) is 3.81. The van der Waals surface area contributed by atoms with Gasteiger partial charge < -0.3 is 15.4 Å². The number of benzene rings is 2. The van der Waals surface area contributed by atoms with Gasteiger partial charge in [0.1, 0.15) is 6.61 Å². The number of anilines is 1. The molecule has 1 atom stereocenters. The van der Waals surface area contributed by atoms with E-state index in [2.05, 4.69) is 10.6 Å². The Bertz CT molecular complexity index is 857. The second-order valence-electron chi connectivity index (χ2n) is 6.08. The zero-order chi connectivity index (χ0) is 20.7. The van der Waals surface area contributed by atoms with Gasteiger partial charge in [0.25, 0.3) is 6.43 Å². The van der Waals surface area contributed by atoms with Gasteiger partial charge in [-0.2, -0.15) is 0 Å². The zero-order valence-electron chi connectivity index (χ0n) is 15.4. The first-order chi connectivity index (χ1) is 13.3. The first-order valence-corrected chi connectivity index (χ1v) is 8.49. The summed E-state index contributed by atoms with van der Waals surface area (Å²) in [6.45, 7) is 2.65. The van der Waals surface area contributed by atoms with Crippen LogP contribution in [0.15, 0.2) is 48.5 Å². The smallest absolute Gasteiger partial charge is 0.408 e. The van der Waals surface area contributed by atoms with Crippen LogP contribution in [-0.4, -0.2) is 23.8 Å². The Balaban J connectivity index is 2.09. The van der Waals surface area contributed by atoms with E-state index in [1.165, 1.54) is 19.9 Å². The van der Waals surface area contributed by atoms with E-state index >= 15 is 0 Å². The Morgan fingerprint density at radius 2 is 1.75 bits per heavy atom. The summed E-state index contributed by atoms with van der Waals surface area (Å²) >= 11 is 0. The number of carbonyl (C=O) groups excluding carboxylic acids is 3. The Kier molecular flexibility index (Phi) is 7.20. The lowest BCUT2D eigenvalue weighted by atomic mass is 10.0. The molecule has 0 bridgehead atoms. The van der Waals surface area contributed by atoms with Gasteiger partial charge in [0, 0.05) is 18.1 Å². The molecule has 2 N–H and O–H groups in total. The van der Waals surface area contributed by atoms with Gasteiger partial charge in [0.15, 0.2) is 5.78 Å². The summed E-state index contributed by atoms with van der Waals surface area (Å²) in [5.41, 5.74) is 0.377. The van der Waals surface area contributed by atoms with Crippen molar-refractivity contribution in [2.24, 2.45) is 0 Å². The summed E-state index contributed by atoms with van der Waals surface area (Å²) in [5, 5.41) is 4.79. The summed E-state index contributed by atoms with van der Waals surface area (Å²) in [6, 6.07) is 11.3. The largest absolute Gasteiger partial charge is 0.445 e. The van der Waals surface area contributed by atoms with Crippen LogP contribution in [0, 0.1) is 0 Å². The topological polar surface area (TPSA) is 84.5 Å². The maximum absolute atomic E-state index is 13.0. The van der Waals surface area contributed by atoms with Gasteiger partial charge in [0.05, 0.1) is 11.7 Å². The molecule has 0 saturated carbocycles. The number of rotatable bonds is 7. The monoisotopic (exact) mass is 390 g/mol. The highest BCUT2D eigenvalue weighted by Crippen LogP contribution is 2.26. The SMILES string of the molecule is CC(=O)Nc1ccc(C(F)F)cc1C(=O)[C@H](C)NC(=O)OCc1ccccc1. The van der Waals surface area contributed by atoms with Crippen molar-refractivity contribution in [2.45, 2.75) is 32.9 Å². The fourth-order valence-electron chi connectivity index (χ4n) is 2.44. The van der Waals surface area contributed by atoms with Crippen molar-refractivity contribution < 1.29 is 27.9 Å². The second-order valence-corrected chi connectivity index (χ2v) is 6.08. The van der Waals surface area contributed by atoms with Crippen molar-refractivity contribution in [1.29, 1.82) is 0 Å². The molecule has 0 unspecified atom stereocenters. The molecule has 8 heteroatoms. The van der Waals surface area contributed by atoms with Gasteiger partial charge >= 0.3 is 6.09 Å². The number of alkyl halides is 2. The summed E-state index contributed by atoms with van der Waals surface area (Å²) in [4.78, 5) is 35.9. The van der Waals surface area contributed by atoms with E-state index in [0.29, 0.717) is 0 Å². The highest BCUT2D eigenvalue weighted by molar-refractivity contribution is 6.07. The van der Waals surface area contributed by atoms with E-state index in [-0.39, 0.29) is 23.4 Å². The Morgan fingerprint density at radius 3 is 2.36 bits per heavy atom. The van der Waals surface area contributed by atoms with E-state index < -0.39 is 30.3 Å². The van der Waals surface area contributed by atoms with Gasteiger partial charge in [-0.1, -0.05) is 36.4 Å². The highest BCUT2D eigenvalue weighted by atomic mass is 19.3. The lowest BCUT2D eigenvalue weighted by Gasteiger charge is -2.16. The molecular weight excluding hydrogens is 370 g/mol. The lowest BCUT2D eigenvalue weighted by Crippen LogP contribution is -2.39. The number of ketones is 1. The summed E-state index contributed by atoms with van der Waals surface area (Å²) in [7, 11) is 0. The molecule has 0 radical (unpaired) electrons. The van der Waals surface area contributed by atoms with Crippen LogP contribution in [0.25, 0.3) is 0 Å². The predicted octanol–water partition coefficient (Wildman–Crippen LogP) is 4.08. The van der Waals surface area contributed by atoms with E-state index in [9.17, 15) is 23.2 Å². The van der Waals surface area contributed by atoms with Crippen molar-refractivity contribution >= 4 is 23.5 Å². The van der Waals surface area contributed by atoms with Crippen LogP contribution in [0.5, 0.6) is 0 Å². The molecule has 0 fully saturated rings. The molecule has 0 aliphatic carbocycles. The Hall–Kier alpha value is -3.29. The molecule has 2 aromatic carbocycles. The normalized spacial score (nSPS) is 11.6. The van der Waals surface area contributed by atoms with E-state index in [1.807, 2.05) is 6.07 Å². The van der Waals surface area contributed by atoms with E-state index in [1.54, 1.807) is 24.3 Å². The van der Waals surface area contributed by atoms with Gasteiger partial charge in [0.2, 0.25) is 5.91 Å². The predicted molar refractivity (Wildman–Crippen MR) is 99.3 cm³/mol. The zero-order valence-corrected chi connectivity index (χ0v) is 15.4. The minimum atomic E-state index is -2.78. The molecule has 28 heavy (non-hydrogen) atoms. The standard InChI is InChI=1S/C20H20F2N2O4/c1-12(23-20(27)28-11-14-6-4-3-5-7-14)18(26)16-10-15(19(21)22)8-9-17(16)24-13(2)25/h3-10,12,19H,11H2,1-2H3,(H,23,27)(H,24,25)/t12-/m0/s1. The molecule has 0 aromatic heterocycles. The lowest BCUT2D eigenvalue weighted by molar-refractivity contribution is -0.114. The van der Waals surface area contributed by atoms with Crippen LogP contribution < -0.4 is 10.6 Å². The first-order valence-electron chi connectivity index (χ1n) is 8.49. The van der Waals surface area contributed by atoms with Crippen molar-refractivity contribution in [1.82, 2.24) is 5.32 Å². The minimum Gasteiger partial charge on any atom is -0.445 e. The van der Waals surface area contributed by atoms with Crippen LogP contribution in [0.4, 0.5) is 19.3 Å². The molecule has 148 valence electrons. The van der Waals surface area contributed by atoms with Crippen LogP contribution in [-0.2, 0) is 16.1 Å². The summed E-state index contributed by atoms with van der Waals surface area (Å²) < 4.78 is 31.0. The average molecular weight is 390 g/mol. The van der Waals surface area contributed by atoms with E-state index in [0.717, 1.165) is 17.7 Å². The number of halogens is 2. The second kappa shape index (κ2) is 9.59. The number of nitrogens with one attached hydrogen (secondary N) is 2. The Labute approximate surface area is 160 Å². The molecule has 0 spiro atoms. The molecule has 2 amide bonds. The fourth-order valence-corrected chi connectivity index (χ4v) is 2.44. The maximum Gasteiger partial charge on any atom is 0.408 e. The van der Waals surface area contributed by atoms with Crippen LogP contribution in [0.1, 0.15) is 41.8 Å². The fraction of sp³-hybridized carbons (Fsp3) is 0.250. The molecule has 6 nitrogen and oxygen atoms in total. The highest BCUT2D eigenvalue weighted by Gasteiger charge is 2.23. The Morgan fingerprint density at radius 1 is 1.07 bits per heavy atom. The van der Waals surface area contributed by atoms with Crippen LogP contribution in [0.2, 0.25) is 0 Å². The summed E-state index contributed by atoms with van der Waals surface area (Å²) in [6.07, 6.45) is -3.60. The molecule has 0 aliphatic rings. The van der Waals surface area contributed by atoms with Crippen LogP contribution in [0.3, 0.4) is 0 Å². The van der Waals surface area contributed by atoms with Crippen LogP contribution >= 0.6 is 0 Å². The number of Topliss-reactive ketones (excluding diaryl/α,β-unsaturated/α-hetero) is 1. The number of amides is 2. The minimum absolute atomic E-state index is 0.0194. The van der Waals surface area contributed by atoms with Gasteiger partial charge in [-0.3, -0.25) is 9.59 Å².